The fraction of sp³-hybridized carbons (Fsp3) is 0.500. The van der Waals surface area contributed by atoms with Crippen molar-refractivity contribution in [1.29, 1.82) is 0 Å². The Labute approximate surface area is 152 Å². The van der Waals surface area contributed by atoms with E-state index in [2.05, 4.69) is 5.32 Å². The smallest absolute Gasteiger partial charge is 0.242 e. The molecule has 2 fully saturated rings. The van der Waals surface area contributed by atoms with Crippen LogP contribution in [0.3, 0.4) is 0 Å². The first kappa shape index (κ1) is 17.4. The van der Waals surface area contributed by atoms with E-state index in [-0.39, 0.29) is 29.5 Å². The maximum Gasteiger partial charge on any atom is 0.242 e. The van der Waals surface area contributed by atoms with Crippen LogP contribution in [0.2, 0.25) is 0 Å². The van der Waals surface area contributed by atoms with E-state index in [0.29, 0.717) is 10.9 Å². The minimum absolute atomic E-state index is 0.0305. The Kier molecular flexibility index (Phi) is 5.89. The standard InChI is InChI=1S/C18H22N2O2S2/c21-16(19-14-9-5-2-6-10-14)11-15-17(22)20(18(23)24-15)12-13-7-3-1-4-8-13/h1,3-4,7-8,14-15H,2,5-6,9-12H2,(H,19,21)/t15-/m0/s1. The molecule has 2 amide bonds. The number of nitrogens with one attached hydrogen (secondary N) is 1. The highest BCUT2D eigenvalue weighted by molar-refractivity contribution is 8.24. The highest BCUT2D eigenvalue weighted by Gasteiger charge is 2.38. The van der Waals surface area contributed by atoms with Crippen molar-refractivity contribution < 1.29 is 9.59 Å². The number of benzene rings is 1. The van der Waals surface area contributed by atoms with Crippen LogP contribution in [-0.2, 0) is 16.1 Å². The molecule has 1 saturated heterocycles. The molecule has 1 N–H and O–H groups in total. The van der Waals surface area contributed by atoms with E-state index in [1.54, 1.807) is 4.90 Å². The van der Waals surface area contributed by atoms with E-state index in [1.165, 1.54) is 31.0 Å². The third kappa shape index (κ3) is 4.36. The van der Waals surface area contributed by atoms with E-state index >= 15 is 0 Å². The van der Waals surface area contributed by atoms with Crippen molar-refractivity contribution in [3.05, 3.63) is 35.9 Å². The Morgan fingerprint density at radius 3 is 2.62 bits per heavy atom. The van der Waals surface area contributed by atoms with Gasteiger partial charge in [0.25, 0.3) is 0 Å². The average molecular weight is 363 g/mol. The van der Waals surface area contributed by atoms with Crippen molar-refractivity contribution >= 4 is 40.1 Å². The molecule has 1 aromatic carbocycles. The van der Waals surface area contributed by atoms with Crippen LogP contribution in [0.5, 0.6) is 0 Å². The van der Waals surface area contributed by atoms with E-state index < -0.39 is 0 Å². The van der Waals surface area contributed by atoms with Gasteiger partial charge in [-0.15, -0.1) is 0 Å². The lowest BCUT2D eigenvalue weighted by Crippen LogP contribution is -2.39. The molecule has 0 aromatic heterocycles. The number of thiocarbonyl (C=S) groups is 1. The molecular formula is C18H22N2O2S2. The SMILES string of the molecule is O=C(C[C@@H]1SC(=S)N(Cc2ccccc2)C1=O)NC1CCCCC1. The minimum Gasteiger partial charge on any atom is -0.353 e. The Morgan fingerprint density at radius 1 is 1.21 bits per heavy atom. The van der Waals surface area contributed by atoms with Gasteiger partial charge in [-0.1, -0.05) is 73.6 Å². The third-order valence-electron chi connectivity index (χ3n) is 4.53. The molecule has 1 saturated carbocycles. The number of carbonyl (C=O) groups is 2. The number of carbonyl (C=O) groups excluding carboxylic acids is 2. The van der Waals surface area contributed by atoms with Crippen LogP contribution in [0.15, 0.2) is 30.3 Å². The van der Waals surface area contributed by atoms with Gasteiger partial charge in [0.15, 0.2) is 0 Å². The van der Waals surface area contributed by atoms with Gasteiger partial charge < -0.3 is 5.32 Å². The summed E-state index contributed by atoms with van der Waals surface area (Å²) in [5.74, 6) is -0.0789. The molecule has 6 heteroatoms. The fourth-order valence-corrected chi connectivity index (χ4v) is 4.73. The lowest BCUT2D eigenvalue weighted by atomic mass is 9.95. The highest BCUT2D eigenvalue weighted by atomic mass is 32.2. The van der Waals surface area contributed by atoms with E-state index in [0.717, 1.165) is 18.4 Å². The van der Waals surface area contributed by atoms with Crippen molar-refractivity contribution in [3.63, 3.8) is 0 Å². The molecule has 1 heterocycles. The first-order chi connectivity index (χ1) is 11.6. The molecule has 0 unspecified atom stereocenters. The molecule has 1 aliphatic heterocycles. The summed E-state index contributed by atoms with van der Waals surface area (Å²) in [4.78, 5) is 26.5. The van der Waals surface area contributed by atoms with Gasteiger partial charge in [-0.25, -0.2) is 0 Å². The summed E-state index contributed by atoms with van der Waals surface area (Å²) in [7, 11) is 0. The van der Waals surface area contributed by atoms with Gasteiger partial charge in [0, 0.05) is 12.5 Å². The van der Waals surface area contributed by atoms with Gasteiger partial charge >= 0.3 is 0 Å². The quantitative estimate of drug-likeness (QED) is 0.817. The second kappa shape index (κ2) is 8.12. The molecule has 1 aliphatic carbocycles. The van der Waals surface area contributed by atoms with Gasteiger partial charge in [-0.2, -0.15) is 0 Å². The van der Waals surface area contributed by atoms with Gasteiger partial charge in [-0.3, -0.25) is 14.5 Å². The number of rotatable bonds is 5. The lowest BCUT2D eigenvalue weighted by Gasteiger charge is -2.23. The van der Waals surface area contributed by atoms with Crippen LogP contribution >= 0.6 is 24.0 Å². The van der Waals surface area contributed by atoms with Crippen molar-refractivity contribution in [2.75, 3.05) is 0 Å². The van der Waals surface area contributed by atoms with Gasteiger partial charge in [0.1, 0.15) is 4.32 Å². The van der Waals surface area contributed by atoms with Crippen LogP contribution in [0.4, 0.5) is 0 Å². The molecule has 2 aliphatic rings. The first-order valence-corrected chi connectivity index (χ1v) is 9.77. The Bertz CT molecular complexity index is 615. The zero-order valence-corrected chi connectivity index (χ0v) is 15.2. The molecule has 24 heavy (non-hydrogen) atoms. The second-order valence-electron chi connectivity index (χ2n) is 6.39. The molecule has 1 atom stereocenters. The number of amides is 2. The van der Waals surface area contributed by atoms with E-state index in [9.17, 15) is 9.59 Å². The normalized spacial score (nSPS) is 22.0. The van der Waals surface area contributed by atoms with Crippen molar-refractivity contribution in [3.8, 4) is 0 Å². The summed E-state index contributed by atoms with van der Waals surface area (Å²) in [5, 5.41) is 2.69. The number of hydrogen-bond donors (Lipinski definition) is 1. The average Bonchev–Trinajstić information content (AvgIpc) is 2.84. The molecule has 0 spiro atoms. The number of nitrogens with zero attached hydrogens (tertiary/aromatic N) is 1. The van der Waals surface area contributed by atoms with Crippen LogP contribution in [0.25, 0.3) is 0 Å². The molecule has 4 nitrogen and oxygen atoms in total. The monoisotopic (exact) mass is 362 g/mol. The molecule has 3 rings (SSSR count). The maximum atomic E-state index is 12.6. The largest absolute Gasteiger partial charge is 0.353 e. The molecule has 128 valence electrons. The zero-order chi connectivity index (χ0) is 16.9. The Morgan fingerprint density at radius 2 is 1.92 bits per heavy atom. The summed E-state index contributed by atoms with van der Waals surface area (Å²) < 4.78 is 0.569. The van der Waals surface area contributed by atoms with E-state index in [1.807, 2.05) is 30.3 Å². The van der Waals surface area contributed by atoms with Crippen molar-refractivity contribution in [1.82, 2.24) is 10.2 Å². The second-order valence-corrected chi connectivity index (χ2v) is 8.23. The molecular weight excluding hydrogens is 340 g/mol. The van der Waals surface area contributed by atoms with Crippen molar-refractivity contribution in [2.24, 2.45) is 0 Å². The predicted octanol–water partition coefficient (Wildman–Crippen LogP) is 3.25. The fourth-order valence-electron chi connectivity index (χ4n) is 3.24. The van der Waals surface area contributed by atoms with Crippen LogP contribution in [0, 0.1) is 0 Å². The Balaban J connectivity index is 1.54. The summed E-state index contributed by atoms with van der Waals surface area (Å²) in [6.07, 6.45) is 5.93. The lowest BCUT2D eigenvalue weighted by molar-refractivity contribution is -0.129. The van der Waals surface area contributed by atoms with Crippen LogP contribution in [-0.4, -0.2) is 32.3 Å². The molecule has 0 radical (unpaired) electrons. The minimum atomic E-state index is -0.384. The topological polar surface area (TPSA) is 49.4 Å². The molecule has 0 bridgehead atoms. The third-order valence-corrected chi connectivity index (χ3v) is 6.11. The number of hydrogen-bond acceptors (Lipinski definition) is 4. The predicted molar refractivity (Wildman–Crippen MR) is 101 cm³/mol. The van der Waals surface area contributed by atoms with Crippen LogP contribution < -0.4 is 5.32 Å². The maximum absolute atomic E-state index is 12.6. The Hall–Kier alpha value is -1.40. The van der Waals surface area contributed by atoms with Gasteiger partial charge in [0.2, 0.25) is 11.8 Å². The first-order valence-electron chi connectivity index (χ1n) is 8.49. The van der Waals surface area contributed by atoms with Crippen LogP contribution in [0.1, 0.15) is 44.1 Å². The zero-order valence-electron chi connectivity index (χ0n) is 13.6. The summed E-state index contributed by atoms with van der Waals surface area (Å²) >= 11 is 6.68. The van der Waals surface area contributed by atoms with Gasteiger partial charge in [0.05, 0.1) is 11.8 Å². The van der Waals surface area contributed by atoms with E-state index in [4.69, 9.17) is 12.2 Å². The number of thioether (sulfide) groups is 1. The summed E-state index contributed by atoms with van der Waals surface area (Å²) in [6.45, 7) is 0.478. The van der Waals surface area contributed by atoms with Gasteiger partial charge in [-0.05, 0) is 18.4 Å². The summed E-state index contributed by atoms with van der Waals surface area (Å²) in [6, 6.07) is 10.1. The summed E-state index contributed by atoms with van der Waals surface area (Å²) in [5.41, 5.74) is 1.04. The van der Waals surface area contributed by atoms with Crippen molar-refractivity contribution in [2.45, 2.75) is 56.4 Å². The molecule has 1 aromatic rings. The highest BCUT2D eigenvalue weighted by Crippen LogP contribution is 2.31.